The molecule has 1 heterocycles. The van der Waals surface area contributed by atoms with Gasteiger partial charge in [0.25, 0.3) is 5.91 Å². The van der Waals surface area contributed by atoms with Crippen LogP contribution in [0.5, 0.6) is 0 Å². The summed E-state index contributed by atoms with van der Waals surface area (Å²) in [4.78, 5) is 43.7. The molecule has 0 saturated carbocycles. The fourth-order valence-electron chi connectivity index (χ4n) is 4.17. The molecule has 0 fully saturated rings. The van der Waals surface area contributed by atoms with Crippen molar-refractivity contribution in [3.8, 4) is 0 Å². The molecule has 2 aromatic carbocycles. The number of amides is 1. The second-order valence-electron chi connectivity index (χ2n) is 9.03. The predicted molar refractivity (Wildman–Crippen MR) is 145 cm³/mol. The van der Waals surface area contributed by atoms with Gasteiger partial charge in [-0.25, -0.2) is 0 Å². The number of para-hydroxylation sites is 1. The van der Waals surface area contributed by atoms with Crippen molar-refractivity contribution in [1.82, 2.24) is 15.2 Å². The van der Waals surface area contributed by atoms with Crippen molar-refractivity contribution in [2.24, 2.45) is 0 Å². The van der Waals surface area contributed by atoms with Crippen LogP contribution in [0.2, 0.25) is 5.02 Å². The Labute approximate surface area is 215 Å². The molecule has 0 spiro atoms. The number of fused-ring (bicyclic) bond motifs is 1. The van der Waals surface area contributed by atoms with Gasteiger partial charge in [0.15, 0.2) is 0 Å². The monoisotopic (exact) mass is 513 g/mol. The molecule has 1 atom stereocenters. The van der Waals surface area contributed by atoms with Gasteiger partial charge in [-0.2, -0.15) is 0 Å². The molecule has 6 nitrogen and oxygen atoms in total. The zero-order chi connectivity index (χ0) is 25.5. The average Bonchev–Trinajstić information content (AvgIpc) is 2.81. The molecule has 3 rings (SSSR count). The SMILES string of the molecule is CC(C)N(CCSC(=O)C(Cc1cc(=O)[nH]c2ccccc12)NC(=O)c1ccc(Cl)cc1)C(C)C. The fourth-order valence-corrected chi connectivity index (χ4v) is 5.14. The molecule has 1 unspecified atom stereocenters. The number of thioether (sulfide) groups is 1. The maximum Gasteiger partial charge on any atom is 0.251 e. The molecule has 8 heteroatoms. The predicted octanol–water partition coefficient (Wildman–Crippen LogP) is 4.90. The van der Waals surface area contributed by atoms with Gasteiger partial charge in [0.05, 0.1) is 0 Å². The minimum absolute atomic E-state index is 0.135. The Morgan fingerprint density at radius 1 is 1.03 bits per heavy atom. The average molecular weight is 514 g/mol. The zero-order valence-corrected chi connectivity index (χ0v) is 22.1. The number of aromatic nitrogens is 1. The van der Waals surface area contributed by atoms with Crippen molar-refractivity contribution >= 4 is 45.3 Å². The highest BCUT2D eigenvalue weighted by molar-refractivity contribution is 8.13. The molecule has 0 saturated heterocycles. The number of hydrogen-bond acceptors (Lipinski definition) is 5. The molecule has 0 bridgehead atoms. The minimum Gasteiger partial charge on any atom is -0.341 e. The summed E-state index contributed by atoms with van der Waals surface area (Å²) in [5, 5.41) is 4.13. The van der Waals surface area contributed by atoms with Crippen LogP contribution in [-0.2, 0) is 11.2 Å². The molecular weight excluding hydrogens is 482 g/mol. The van der Waals surface area contributed by atoms with Gasteiger partial charge in [-0.15, -0.1) is 0 Å². The minimum atomic E-state index is -0.792. The Hall–Kier alpha value is -2.61. The maximum atomic E-state index is 13.3. The van der Waals surface area contributed by atoms with Gasteiger partial charge in [-0.3, -0.25) is 19.3 Å². The number of H-pyrrole nitrogens is 1. The molecule has 0 aliphatic rings. The summed E-state index contributed by atoms with van der Waals surface area (Å²) >= 11 is 7.17. The first-order valence-corrected chi connectivity index (χ1v) is 13.1. The van der Waals surface area contributed by atoms with Crippen LogP contribution >= 0.6 is 23.4 Å². The van der Waals surface area contributed by atoms with Crippen molar-refractivity contribution in [2.75, 3.05) is 12.3 Å². The van der Waals surface area contributed by atoms with Gasteiger partial charge in [-0.05, 0) is 63.6 Å². The van der Waals surface area contributed by atoms with E-state index in [9.17, 15) is 14.4 Å². The number of pyridine rings is 1. The quantitative estimate of drug-likeness (QED) is 0.403. The van der Waals surface area contributed by atoms with E-state index < -0.39 is 6.04 Å². The van der Waals surface area contributed by atoms with E-state index in [0.717, 1.165) is 11.9 Å². The lowest BCUT2D eigenvalue weighted by Crippen LogP contribution is -2.42. The molecule has 0 aliphatic heterocycles. The van der Waals surface area contributed by atoms with E-state index in [4.69, 9.17) is 11.6 Å². The molecule has 0 aliphatic carbocycles. The number of nitrogens with zero attached hydrogens (tertiary/aromatic N) is 1. The van der Waals surface area contributed by atoms with Gasteiger partial charge in [0, 0.05) is 58.4 Å². The third-order valence-corrected chi connectivity index (χ3v) is 7.08. The van der Waals surface area contributed by atoms with Crippen LogP contribution in [0.25, 0.3) is 10.9 Å². The second kappa shape index (κ2) is 12.4. The van der Waals surface area contributed by atoms with Crippen LogP contribution in [0.3, 0.4) is 0 Å². The van der Waals surface area contributed by atoms with Crippen LogP contribution in [0.15, 0.2) is 59.4 Å². The number of rotatable bonds is 10. The molecule has 0 radical (unpaired) electrons. The lowest BCUT2D eigenvalue weighted by atomic mass is 10.0. The van der Waals surface area contributed by atoms with E-state index in [1.807, 2.05) is 24.3 Å². The Balaban J connectivity index is 1.83. The summed E-state index contributed by atoms with van der Waals surface area (Å²) in [5.74, 6) is 0.249. The van der Waals surface area contributed by atoms with Crippen molar-refractivity contribution in [2.45, 2.75) is 52.2 Å². The summed E-state index contributed by atoms with van der Waals surface area (Å²) in [6.07, 6.45) is 0.216. The van der Waals surface area contributed by atoms with Gasteiger partial charge in [0.2, 0.25) is 10.7 Å². The Kier molecular flexibility index (Phi) is 9.55. The maximum absolute atomic E-state index is 13.3. The van der Waals surface area contributed by atoms with E-state index in [-0.39, 0.29) is 23.0 Å². The highest BCUT2D eigenvalue weighted by Crippen LogP contribution is 2.20. The highest BCUT2D eigenvalue weighted by atomic mass is 35.5. The largest absolute Gasteiger partial charge is 0.341 e. The van der Waals surface area contributed by atoms with Crippen molar-refractivity contribution in [1.29, 1.82) is 0 Å². The smallest absolute Gasteiger partial charge is 0.251 e. The first-order chi connectivity index (χ1) is 16.7. The van der Waals surface area contributed by atoms with E-state index in [1.165, 1.54) is 17.8 Å². The third kappa shape index (κ3) is 7.43. The first-order valence-electron chi connectivity index (χ1n) is 11.8. The molecule has 186 valence electrons. The summed E-state index contributed by atoms with van der Waals surface area (Å²) in [7, 11) is 0. The number of carbonyl (C=O) groups is 2. The van der Waals surface area contributed by atoms with E-state index in [2.05, 4.69) is 42.9 Å². The number of benzene rings is 2. The summed E-state index contributed by atoms with van der Waals surface area (Å²) < 4.78 is 0. The van der Waals surface area contributed by atoms with Crippen molar-refractivity contribution < 1.29 is 9.59 Å². The van der Waals surface area contributed by atoms with Gasteiger partial charge < -0.3 is 10.3 Å². The highest BCUT2D eigenvalue weighted by Gasteiger charge is 2.24. The molecule has 3 aromatic rings. The number of aromatic amines is 1. The van der Waals surface area contributed by atoms with Crippen LogP contribution in [0.1, 0.15) is 43.6 Å². The Morgan fingerprint density at radius 2 is 1.69 bits per heavy atom. The standard InChI is InChI=1S/C27H32ClN3O3S/c1-17(2)31(18(3)4)13-14-35-27(34)24(30-26(33)19-9-11-21(28)12-10-19)15-20-16-25(32)29-23-8-6-5-7-22(20)23/h5-12,16-18,24H,13-15H2,1-4H3,(H,29,32)(H,30,33). The van der Waals surface area contributed by atoms with Crippen LogP contribution in [0.4, 0.5) is 0 Å². The van der Waals surface area contributed by atoms with Gasteiger partial charge in [0.1, 0.15) is 6.04 Å². The summed E-state index contributed by atoms with van der Waals surface area (Å²) in [6, 6.07) is 15.4. The van der Waals surface area contributed by atoms with Crippen molar-refractivity contribution in [3.63, 3.8) is 0 Å². The molecule has 1 amide bonds. The van der Waals surface area contributed by atoms with Crippen LogP contribution in [-0.4, -0.2) is 51.3 Å². The third-order valence-electron chi connectivity index (χ3n) is 5.88. The van der Waals surface area contributed by atoms with Crippen molar-refractivity contribution in [3.05, 3.63) is 81.1 Å². The van der Waals surface area contributed by atoms with Crippen LogP contribution in [0, 0.1) is 0 Å². The topological polar surface area (TPSA) is 82.3 Å². The molecule has 2 N–H and O–H groups in total. The Morgan fingerprint density at radius 3 is 2.34 bits per heavy atom. The Bertz CT molecular complexity index is 1220. The summed E-state index contributed by atoms with van der Waals surface area (Å²) in [5.41, 5.74) is 1.58. The number of carbonyl (C=O) groups excluding carboxylic acids is 2. The normalized spacial score (nSPS) is 12.5. The van der Waals surface area contributed by atoms with E-state index >= 15 is 0 Å². The molecular formula is C27H32ClN3O3S. The fraction of sp³-hybridized carbons (Fsp3) is 0.370. The van der Waals surface area contributed by atoms with E-state index in [1.54, 1.807) is 24.3 Å². The lowest BCUT2D eigenvalue weighted by molar-refractivity contribution is -0.112. The number of halogens is 1. The van der Waals surface area contributed by atoms with Gasteiger partial charge >= 0.3 is 0 Å². The summed E-state index contributed by atoms with van der Waals surface area (Å²) in [6.45, 7) is 9.32. The van der Waals surface area contributed by atoms with Gasteiger partial charge in [-0.1, -0.05) is 41.6 Å². The van der Waals surface area contributed by atoms with Crippen LogP contribution < -0.4 is 10.9 Å². The first kappa shape index (κ1) is 27.0. The number of nitrogens with one attached hydrogen (secondary N) is 2. The molecule has 35 heavy (non-hydrogen) atoms. The van der Waals surface area contributed by atoms with E-state index in [0.29, 0.717) is 39.5 Å². The second-order valence-corrected chi connectivity index (χ2v) is 10.6. The number of hydrogen-bond donors (Lipinski definition) is 2. The zero-order valence-electron chi connectivity index (χ0n) is 20.5. The molecule has 1 aromatic heterocycles. The lowest BCUT2D eigenvalue weighted by Gasteiger charge is -2.30.